The molecule has 1 fully saturated rings. The van der Waals surface area contributed by atoms with Crippen molar-refractivity contribution in [3.05, 3.63) is 40.7 Å². The Kier molecular flexibility index (Phi) is 7.42. The number of ether oxygens (including phenoxy) is 1. The van der Waals surface area contributed by atoms with Gasteiger partial charge in [0.25, 0.3) is 0 Å². The maximum Gasteiger partial charge on any atom is 0.191 e. The molecule has 1 aromatic carbocycles. The summed E-state index contributed by atoms with van der Waals surface area (Å²) in [6, 6.07) is 10.3. The van der Waals surface area contributed by atoms with Crippen LogP contribution in [-0.4, -0.2) is 60.8 Å². The summed E-state index contributed by atoms with van der Waals surface area (Å²) in [6.45, 7) is 12.4. The highest BCUT2D eigenvalue weighted by Crippen LogP contribution is 2.22. The number of hydrogen-bond donors (Lipinski definition) is 2. The number of hydrogen-bond acceptors (Lipinski definition) is 5. The van der Waals surface area contributed by atoms with Gasteiger partial charge >= 0.3 is 0 Å². The monoisotopic (exact) mass is 401 g/mol. The fraction of sp³-hybridized carbons (Fsp3) is 0.524. The SMILES string of the molecule is CCNC(=NCc1nc(-c2ccccc2)cs1)NCC(C)(C)N1CCOCC1. The molecule has 7 heteroatoms. The standard InChI is InChI=1S/C21H31N5OS/c1-4-22-20(24-16-21(2,3)26-10-12-27-13-11-26)23-14-19-25-18(15-28-19)17-8-6-5-7-9-17/h5-9,15H,4,10-14,16H2,1-3H3,(H2,22,23,24). The summed E-state index contributed by atoms with van der Waals surface area (Å²) in [5, 5.41) is 9.96. The van der Waals surface area contributed by atoms with E-state index in [1.165, 1.54) is 0 Å². The van der Waals surface area contributed by atoms with Crippen LogP contribution in [0, 0.1) is 0 Å². The molecule has 0 aliphatic carbocycles. The second-order valence-corrected chi connectivity index (χ2v) is 8.40. The van der Waals surface area contributed by atoms with E-state index in [4.69, 9.17) is 14.7 Å². The molecule has 0 atom stereocenters. The maximum absolute atomic E-state index is 5.48. The lowest BCUT2D eigenvalue weighted by Gasteiger charge is -2.41. The highest BCUT2D eigenvalue weighted by molar-refractivity contribution is 7.09. The van der Waals surface area contributed by atoms with Crippen molar-refractivity contribution in [2.45, 2.75) is 32.9 Å². The topological polar surface area (TPSA) is 61.8 Å². The van der Waals surface area contributed by atoms with Crippen LogP contribution in [0.2, 0.25) is 0 Å². The van der Waals surface area contributed by atoms with Gasteiger partial charge in [0, 0.05) is 42.7 Å². The molecule has 1 aliphatic rings. The van der Waals surface area contributed by atoms with E-state index in [-0.39, 0.29) is 5.54 Å². The third-order valence-electron chi connectivity index (χ3n) is 4.89. The molecule has 2 heterocycles. The van der Waals surface area contributed by atoms with Crippen molar-refractivity contribution in [3.63, 3.8) is 0 Å². The van der Waals surface area contributed by atoms with Gasteiger partial charge < -0.3 is 15.4 Å². The van der Waals surface area contributed by atoms with Crippen LogP contribution in [0.25, 0.3) is 11.3 Å². The molecule has 0 amide bonds. The first kappa shape index (κ1) is 20.8. The van der Waals surface area contributed by atoms with Crippen LogP contribution in [0.4, 0.5) is 0 Å². The molecule has 0 spiro atoms. The number of rotatable bonds is 7. The number of aromatic nitrogens is 1. The van der Waals surface area contributed by atoms with Crippen LogP contribution in [0.1, 0.15) is 25.8 Å². The third-order valence-corrected chi connectivity index (χ3v) is 5.73. The molecule has 0 saturated carbocycles. The number of nitrogens with zero attached hydrogens (tertiary/aromatic N) is 3. The molecule has 0 radical (unpaired) electrons. The maximum atomic E-state index is 5.48. The molecule has 1 aromatic heterocycles. The van der Waals surface area contributed by atoms with Gasteiger partial charge in [0.15, 0.2) is 5.96 Å². The Morgan fingerprint density at radius 2 is 1.96 bits per heavy atom. The van der Waals surface area contributed by atoms with E-state index in [1.807, 2.05) is 18.2 Å². The van der Waals surface area contributed by atoms with Gasteiger partial charge in [0.2, 0.25) is 0 Å². The normalized spacial score (nSPS) is 16.2. The van der Waals surface area contributed by atoms with Crippen molar-refractivity contribution in [1.82, 2.24) is 20.5 Å². The highest BCUT2D eigenvalue weighted by Gasteiger charge is 2.28. The fourth-order valence-corrected chi connectivity index (χ4v) is 3.92. The zero-order valence-corrected chi connectivity index (χ0v) is 17.9. The molecule has 0 bridgehead atoms. The second kappa shape index (κ2) is 10.0. The van der Waals surface area contributed by atoms with Gasteiger partial charge in [0.1, 0.15) is 5.01 Å². The molecule has 2 aromatic rings. The number of benzene rings is 1. The zero-order chi connectivity index (χ0) is 19.8. The van der Waals surface area contributed by atoms with E-state index in [2.05, 4.69) is 53.8 Å². The summed E-state index contributed by atoms with van der Waals surface area (Å²) in [6.07, 6.45) is 0. The summed E-state index contributed by atoms with van der Waals surface area (Å²) in [5.74, 6) is 0.834. The van der Waals surface area contributed by atoms with Crippen molar-refractivity contribution in [2.24, 2.45) is 4.99 Å². The molecule has 1 saturated heterocycles. The smallest absolute Gasteiger partial charge is 0.191 e. The van der Waals surface area contributed by atoms with E-state index in [0.29, 0.717) is 6.54 Å². The predicted molar refractivity (Wildman–Crippen MR) is 117 cm³/mol. The summed E-state index contributed by atoms with van der Waals surface area (Å²) in [4.78, 5) is 11.9. The quantitative estimate of drug-likeness (QED) is 0.552. The average Bonchev–Trinajstić information content (AvgIpc) is 3.20. The number of morpholine rings is 1. The molecule has 152 valence electrons. The Morgan fingerprint density at radius 3 is 2.68 bits per heavy atom. The molecule has 3 rings (SSSR count). The number of thiazole rings is 1. The van der Waals surface area contributed by atoms with E-state index >= 15 is 0 Å². The number of guanidine groups is 1. The molecular weight excluding hydrogens is 370 g/mol. The first-order chi connectivity index (χ1) is 13.6. The van der Waals surface area contributed by atoms with Crippen LogP contribution in [0.15, 0.2) is 40.7 Å². The van der Waals surface area contributed by atoms with Gasteiger partial charge in [-0.25, -0.2) is 9.98 Å². The minimum Gasteiger partial charge on any atom is -0.379 e. The van der Waals surface area contributed by atoms with Crippen LogP contribution in [-0.2, 0) is 11.3 Å². The van der Waals surface area contributed by atoms with Crippen molar-refractivity contribution in [1.29, 1.82) is 0 Å². The Labute approximate surface area is 172 Å². The summed E-state index contributed by atoms with van der Waals surface area (Å²) in [7, 11) is 0. The van der Waals surface area contributed by atoms with Crippen LogP contribution in [0.3, 0.4) is 0 Å². The van der Waals surface area contributed by atoms with Gasteiger partial charge in [-0.05, 0) is 20.8 Å². The van der Waals surface area contributed by atoms with Crippen molar-refractivity contribution in [3.8, 4) is 11.3 Å². The molecule has 28 heavy (non-hydrogen) atoms. The van der Waals surface area contributed by atoms with Crippen LogP contribution in [0.5, 0.6) is 0 Å². The molecule has 6 nitrogen and oxygen atoms in total. The van der Waals surface area contributed by atoms with Gasteiger partial charge in [-0.15, -0.1) is 11.3 Å². The van der Waals surface area contributed by atoms with Gasteiger partial charge in [-0.1, -0.05) is 30.3 Å². The minimum absolute atomic E-state index is 0.0433. The second-order valence-electron chi connectivity index (χ2n) is 7.45. The van der Waals surface area contributed by atoms with Crippen LogP contribution >= 0.6 is 11.3 Å². The lowest BCUT2D eigenvalue weighted by molar-refractivity contribution is -0.00834. The van der Waals surface area contributed by atoms with E-state index < -0.39 is 0 Å². The summed E-state index contributed by atoms with van der Waals surface area (Å²) >= 11 is 1.65. The Morgan fingerprint density at radius 1 is 1.21 bits per heavy atom. The first-order valence-corrected chi connectivity index (χ1v) is 10.8. The van der Waals surface area contributed by atoms with E-state index in [9.17, 15) is 0 Å². The van der Waals surface area contributed by atoms with Crippen LogP contribution < -0.4 is 10.6 Å². The first-order valence-electron chi connectivity index (χ1n) is 9.93. The van der Waals surface area contributed by atoms with Crippen molar-refractivity contribution >= 4 is 17.3 Å². The van der Waals surface area contributed by atoms with Gasteiger partial charge in [-0.3, -0.25) is 4.90 Å². The van der Waals surface area contributed by atoms with Crippen molar-refractivity contribution in [2.75, 3.05) is 39.4 Å². The molecule has 1 aliphatic heterocycles. The van der Waals surface area contributed by atoms with E-state index in [1.54, 1.807) is 11.3 Å². The Bertz CT molecular complexity index is 753. The molecule has 2 N–H and O–H groups in total. The third kappa shape index (κ3) is 5.77. The number of nitrogens with one attached hydrogen (secondary N) is 2. The highest BCUT2D eigenvalue weighted by atomic mass is 32.1. The average molecular weight is 402 g/mol. The van der Waals surface area contributed by atoms with Gasteiger partial charge in [-0.2, -0.15) is 0 Å². The Hall–Kier alpha value is -1.96. The summed E-state index contributed by atoms with van der Waals surface area (Å²) in [5.41, 5.74) is 2.20. The molecular formula is C21H31N5OS. The fourth-order valence-electron chi connectivity index (χ4n) is 3.19. The van der Waals surface area contributed by atoms with Gasteiger partial charge in [0.05, 0.1) is 25.5 Å². The lowest BCUT2D eigenvalue weighted by Crippen LogP contribution is -2.56. The van der Waals surface area contributed by atoms with Crippen molar-refractivity contribution < 1.29 is 4.74 Å². The predicted octanol–water partition coefficient (Wildman–Crippen LogP) is 2.98. The largest absolute Gasteiger partial charge is 0.379 e. The molecule has 0 unspecified atom stereocenters. The number of aliphatic imine (C=N–C) groups is 1. The zero-order valence-electron chi connectivity index (χ0n) is 17.1. The summed E-state index contributed by atoms with van der Waals surface area (Å²) < 4.78 is 5.48. The lowest BCUT2D eigenvalue weighted by atomic mass is 10.0. The minimum atomic E-state index is 0.0433. The Balaban J connectivity index is 1.59. The van der Waals surface area contributed by atoms with E-state index in [0.717, 1.165) is 61.6 Å².